The van der Waals surface area contributed by atoms with Gasteiger partial charge < -0.3 is 15.8 Å². The predicted octanol–water partition coefficient (Wildman–Crippen LogP) is 4.77. The van der Waals surface area contributed by atoms with Gasteiger partial charge in [0.1, 0.15) is 5.82 Å². The molecule has 1 atom stereocenters. The maximum absolute atomic E-state index is 13.6. The number of nitrogens with zero attached hydrogens (tertiary/aromatic N) is 3. The van der Waals surface area contributed by atoms with E-state index in [9.17, 15) is 9.18 Å². The van der Waals surface area contributed by atoms with Gasteiger partial charge in [0.15, 0.2) is 11.5 Å². The van der Waals surface area contributed by atoms with E-state index in [1.165, 1.54) is 12.1 Å². The van der Waals surface area contributed by atoms with Crippen molar-refractivity contribution in [3.8, 4) is 22.5 Å². The van der Waals surface area contributed by atoms with Crippen LogP contribution in [0.1, 0.15) is 47.5 Å². The number of amides is 1. The van der Waals surface area contributed by atoms with Crippen LogP contribution < -0.4 is 11.1 Å². The van der Waals surface area contributed by atoms with E-state index < -0.39 is 5.91 Å². The summed E-state index contributed by atoms with van der Waals surface area (Å²) in [6.45, 7) is 1.42. The molecule has 1 unspecified atom stereocenters. The molecule has 7 nitrogen and oxygen atoms in total. The van der Waals surface area contributed by atoms with Crippen LogP contribution in [0.3, 0.4) is 0 Å². The van der Waals surface area contributed by atoms with Crippen LogP contribution in [0.25, 0.3) is 28.2 Å². The molecule has 1 saturated heterocycles. The summed E-state index contributed by atoms with van der Waals surface area (Å²) in [6, 6.07) is 12.1. The Hall–Kier alpha value is -3.78. The number of carbonyl (C=O) groups excluding carboxylic acids is 1. The molecular weight excluding hydrogens is 445 g/mol. The van der Waals surface area contributed by atoms with E-state index >= 15 is 0 Å². The van der Waals surface area contributed by atoms with E-state index in [0.29, 0.717) is 35.2 Å². The lowest BCUT2D eigenvalue weighted by molar-refractivity contribution is 0.0999. The molecule has 2 aromatic carbocycles. The fourth-order valence-corrected chi connectivity index (χ4v) is 4.77. The highest BCUT2D eigenvalue weighted by Crippen LogP contribution is 2.43. The molecule has 0 spiro atoms. The van der Waals surface area contributed by atoms with Crippen LogP contribution in [0, 0.1) is 5.82 Å². The van der Waals surface area contributed by atoms with Crippen LogP contribution >= 0.6 is 0 Å². The van der Waals surface area contributed by atoms with Gasteiger partial charge >= 0.3 is 0 Å². The third-order valence-electron chi connectivity index (χ3n) is 6.78. The van der Waals surface area contributed by atoms with E-state index in [1.807, 2.05) is 28.9 Å². The lowest BCUT2D eigenvalue weighted by Gasteiger charge is -2.14. The first-order chi connectivity index (χ1) is 17.1. The number of aromatic nitrogens is 3. The van der Waals surface area contributed by atoms with Crippen molar-refractivity contribution in [3.63, 3.8) is 0 Å². The minimum Gasteiger partial charge on any atom is -0.376 e. The zero-order valence-electron chi connectivity index (χ0n) is 19.2. The molecule has 1 aliphatic carbocycles. The lowest BCUT2D eigenvalue weighted by atomic mass is 9.98. The molecule has 1 saturated carbocycles. The summed E-state index contributed by atoms with van der Waals surface area (Å²) in [5, 5.41) is 3.42. The molecule has 0 radical (unpaired) electrons. The SMILES string of the molecule is NC(=O)c1ccc(-c2cnc3c(NCC4CCCO4)nc(-c4ccc(F)cc4)cn23)cc1C1CC1. The fraction of sp³-hybridized carbons (Fsp3) is 0.296. The number of rotatable bonds is 7. The number of carbonyl (C=O) groups is 1. The van der Waals surface area contributed by atoms with Gasteiger partial charge in [0, 0.05) is 36.0 Å². The zero-order valence-corrected chi connectivity index (χ0v) is 19.2. The van der Waals surface area contributed by atoms with Crippen molar-refractivity contribution in [1.82, 2.24) is 14.4 Å². The largest absolute Gasteiger partial charge is 0.376 e. The van der Waals surface area contributed by atoms with Crippen molar-refractivity contribution < 1.29 is 13.9 Å². The molecule has 35 heavy (non-hydrogen) atoms. The standard InChI is InChI=1S/C27H26FN5O2/c28-19-8-5-17(6-9-19)23-15-33-24(18-7-10-21(25(29)34)22(12-18)16-3-4-16)14-31-27(33)26(32-23)30-13-20-2-1-11-35-20/h5-10,12,14-16,20H,1-4,11,13H2,(H2,29,34)(H,30,32). The Labute approximate surface area is 202 Å². The first-order valence-electron chi connectivity index (χ1n) is 12.0. The Morgan fingerprint density at radius 3 is 2.66 bits per heavy atom. The molecular formula is C27H26FN5O2. The monoisotopic (exact) mass is 471 g/mol. The number of nitrogens with two attached hydrogens (primary N) is 1. The highest BCUT2D eigenvalue weighted by atomic mass is 19.1. The summed E-state index contributed by atoms with van der Waals surface area (Å²) < 4.78 is 21.3. The van der Waals surface area contributed by atoms with E-state index in [1.54, 1.807) is 12.1 Å². The van der Waals surface area contributed by atoms with Gasteiger partial charge in [-0.15, -0.1) is 0 Å². The number of hydrogen-bond donors (Lipinski definition) is 2. The van der Waals surface area contributed by atoms with Crippen molar-refractivity contribution in [1.29, 1.82) is 0 Å². The van der Waals surface area contributed by atoms with Crippen LogP contribution in [-0.2, 0) is 4.74 Å². The molecule has 2 aliphatic rings. The molecule has 4 aromatic rings. The van der Waals surface area contributed by atoms with E-state index in [4.69, 9.17) is 15.5 Å². The summed E-state index contributed by atoms with van der Waals surface area (Å²) in [7, 11) is 0. The van der Waals surface area contributed by atoms with Gasteiger partial charge in [-0.25, -0.2) is 14.4 Å². The Morgan fingerprint density at radius 1 is 1.14 bits per heavy atom. The second-order valence-corrected chi connectivity index (χ2v) is 9.28. The van der Waals surface area contributed by atoms with Gasteiger partial charge in [-0.3, -0.25) is 9.20 Å². The van der Waals surface area contributed by atoms with Gasteiger partial charge in [0.05, 0.1) is 23.7 Å². The zero-order chi connectivity index (χ0) is 23.9. The van der Waals surface area contributed by atoms with Crippen molar-refractivity contribution in [2.24, 2.45) is 5.73 Å². The molecule has 3 N–H and O–H groups in total. The Kier molecular flexibility index (Phi) is 5.45. The number of ether oxygens (including phenoxy) is 1. The van der Waals surface area contributed by atoms with E-state index in [0.717, 1.165) is 54.7 Å². The average molecular weight is 472 g/mol. The van der Waals surface area contributed by atoms with Gasteiger partial charge in [-0.2, -0.15) is 0 Å². The molecule has 2 aromatic heterocycles. The lowest BCUT2D eigenvalue weighted by Crippen LogP contribution is -2.19. The summed E-state index contributed by atoms with van der Waals surface area (Å²) in [4.78, 5) is 21.5. The van der Waals surface area contributed by atoms with E-state index in [2.05, 4.69) is 16.4 Å². The number of halogens is 1. The number of nitrogens with one attached hydrogen (secondary N) is 1. The number of primary amides is 1. The topological polar surface area (TPSA) is 94.5 Å². The van der Waals surface area contributed by atoms with Crippen LogP contribution in [0.4, 0.5) is 10.2 Å². The highest BCUT2D eigenvalue weighted by molar-refractivity contribution is 5.95. The van der Waals surface area contributed by atoms with Crippen molar-refractivity contribution in [3.05, 3.63) is 71.8 Å². The number of imidazole rings is 1. The molecule has 178 valence electrons. The Morgan fingerprint density at radius 2 is 1.94 bits per heavy atom. The molecule has 0 bridgehead atoms. The number of benzene rings is 2. The van der Waals surface area contributed by atoms with Gasteiger partial charge in [0.25, 0.3) is 0 Å². The molecule has 8 heteroatoms. The Bertz CT molecular complexity index is 1410. The molecule has 1 aliphatic heterocycles. The number of anilines is 1. The minimum absolute atomic E-state index is 0.142. The smallest absolute Gasteiger partial charge is 0.248 e. The molecule has 1 amide bonds. The van der Waals surface area contributed by atoms with Crippen LogP contribution in [0.15, 0.2) is 54.9 Å². The third-order valence-corrected chi connectivity index (χ3v) is 6.78. The van der Waals surface area contributed by atoms with Gasteiger partial charge in [0.2, 0.25) is 5.91 Å². The molecule has 6 rings (SSSR count). The summed E-state index contributed by atoms with van der Waals surface area (Å²) in [5.74, 6) is 0.318. The van der Waals surface area contributed by atoms with Crippen LogP contribution in [-0.4, -0.2) is 39.5 Å². The minimum atomic E-state index is -0.403. The Balaban J connectivity index is 1.46. The van der Waals surface area contributed by atoms with Crippen LogP contribution in [0.5, 0.6) is 0 Å². The first kappa shape index (κ1) is 21.7. The first-order valence-corrected chi connectivity index (χ1v) is 12.0. The van der Waals surface area contributed by atoms with E-state index in [-0.39, 0.29) is 11.9 Å². The van der Waals surface area contributed by atoms with Crippen molar-refractivity contribution in [2.75, 3.05) is 18.5 Å². The summed E-state index contributed by atoms with van der Waals surface area (Å²) >= 11 is 0. The highest BCUT2D eigenvalue weighted by Gasteiger charge is 2.28. The third kappa shape index (κ3) is 4.25. The van der Waals surface area contributed by atoms with Gasteiger partial charge in [-0.05, 0) is 73.6 Å². The maximum atomic E-state index is 13.6. The second-order valence-electron chi connectivity index (χ2n) is 9.28. The van der Waals surface area contributed by atoms with Crippen LogP contribution in [0.2, 0.25) is 0 Å². The fourth-order valence-electron chi connectivity index (χ4n) is 4.77. The quantitative estimate of drug-likeness (QED) is 0.405. The number of fused-ring (bicyclic) bond motifs is 1. The predicted molar refractivity (Wildman–Crippen MR) is 132 cm³/mol. The summed E-state index contributed by atoms with van der Waals surface area (Å²) in [6.07, 6.45) is 8.07. The second kappa shape index (κ2) is 8.78. The molecule has 3 heterocycles. The maximum Gasteiger partial charge on any atom is 0.248 e. The van der Waals surface area contributed by atoms with Gasteiger partial charge in [-0.1, -0.05) is 6.07 Å². The molecule has 2 fully saturated rings. The normalized spacial score (nSPS) is 17.7. The van der Waals surface area contributed by atoms with Crippen molar-refractivity contribution >= 4 is 17.4 Å². The van der Waals surface area contributed by atoms with Crippen molar-refractivity contribution in [2.45, 2.75) is 37.7 Å². The summed E-state index contributed by atoms with van der Waals surface area (Å²) in [5.41, 5.74) is 11.2. The number of hydrogen-bond acceptors (Lipinski definition) is 5. The average Bonchev–Trinajstić information content (AvgIpc) is 3.41.